The van der Waals surface area contributed by atoms with Crippen LogP contribution in [0.1, 0.15) is 49.1 Å². The topological polar surface area (TPSA) is 80.8 Å². The molecule has 32 heavy (non-hydrogen) atoms. The van der Waals surface area contributed by atoms with Crippen molar-refractivity contribution < 1.29 is 22.7 Å². The van der Waals surface area contributed by atoms with Gasteiger partial charge in [-0.3, -0.25) is 4.79 Å². The molecule has 2 aromatic carbocycles. The SMILES string of the molecule is CS(=O)(=O)c1ccc([C@@H](CC2CCCC2)C(=O)N2C(=O)OC[C@@H]2Cc2ccccc2)cc1. The molecule has 2 fully saturated rings. The first kappa shape index (κ1) is 22.5. The molecule has 0 unspecified atom stereocenters. The highest BCUT2D eigenvalue weighted by Gasteiger charge is 2.42. The van der Waals surface area contributed by atoms with Gasteiger partial charge in [0.1, 0.15) is 6.61 Å². The summed E-state index contributed by atoms with van der Waals surface area (Å²) >= 11 is 0. The van der Waals surface area contributed by atoms with E-state index in [4.69, 9.17) is 4.74 Å². The van der Waals surface area contributed by atoms with Crippen molar-refractivity contribution >= 4 is 21.8 Å². The third kappa shape index (κ3) is 5.04. The van der Waals surface area contributed by atoms with Gasteiger partial charge >= 0.3 is 6.09 Å². The third-order valence-corrected chi connectivity index (χ3v) is 7.69. The number of ether oxygens (including phenoxy) is 1. The summed E-state index contributed by atoms with van der Waals surface area (Å²) in [5.41, 5.74) is 1.78. The molecule has 170 valence electrons. The average molecular weight is 456 g/mol. The second-order valence-corrected chi connectivity index (χ2v) is 10.9. The first-order valence-corrected chi connectivity index (χ1v) is 13.1. The minimum absolute atomic E-state index is 0.183. The van der Waals surface area contributed by atoms with Crippen molar-refractivity contribution in [1.29, 1.82) is 0 Å². The molecule has 2 aliphatic rings. The van der Waals surface area contributed by atoms with Crippen LogP contribution >= 0.6 is 0 Å². The fraction of sp³-hybridized carbons (Fsp3) is 0.440. The van der Waals surface area contributed by atoms with E-state index in [0.29, 0.717) is 18.8 Å². The molecule has 0 N–H and O–H groups in total. The molecule has 0 aromatic heterocycles. The van der Waals surface area contributed by atoms with E-state index in [2.05, 4.69) is 0 Å². The Morgan fingerprint density at radius 3 is 2.34 bits per heavy atom. The molecular formula is C25H29NO5S. The summed E-state index contributed by atoms with van der Waals surface area (Å²) in [5.74, 6) is -0.340. The first-order chi connectivity index (χ1) is 15.3. The lowest BCUT2D eigenvalue weighted by Gasteiger charge is -2.27. The minimum Gasteiger partial charge on any atom is -0.447 e. The van der Waals surface area contributed by atoms with Crippen molar-refractivity contribution in [3.63, 3.8) is 0 Å². The normalized spacial score (nSPS) is 20.3. The van der Waals surface area contributed by atoms with Crippen molar-refractivity contribution in [3.8, 4) is 0 Å². The number of benzene rings is 2. The van der Waals surface area contributed by atoms with Crippen molar-refractivity contribution in [2.45, 2.75) is 55.4 Å². The second-order valence-electron chi connectivity index (χ2n) is 8.91. The molecule has 0 bridgehead atoms. The Hall–Kier alpha value is -2.67. The van der Waals surface area contributed by atoms with Crippen molar-refractivity contribution in [2.75, 3.05) is 12.9 Å². The maximum atomic E-state index is 13.7. The fourth-order valence-electron chi connectivity index (χ4n) is 4.84. The summed E-state index contributed by atoms with van der Waals surface area (Å²) in [6, 6.07) is 15.9. The number of nitrogens with zero attached hydrogens (tertiary/aromatic N) is 1. The summed E-state index contributed by atoms with van der Waals surface area (Å²) < 4.78 is 29.0. The average Bonchev–Trinajstić information content (AvgIpc) is 3.41. The number of rotatable bonds is 7. The summed E-state index contributed by atoms with van der Waals surface area (Å²) in [5, 5.41) is 0. The van der Waals surface area contributed by atoms with Crippen LogP contribution in [0.5, 0.6) is 0 Å². The molecule has 1 aliphatic heterocycles. The Kier molecular flexibility index (Phi) is 6.65. The van der Waals surface area contributed by atoms with Crippen LogP contribution in [0.15, 0.2) is 59.5 Å². The smallest absolute Gasteiger partial charge is 0.417 e. The molecule has 0 spiro atoms. The predicted molar refractivity (Wildman–Crippen MR) is 121 cm³/mol. The largest absolute Gasteiger partial charge is 0.447 e. The number of carbonyl (C=O) groups is 2. The van der Waals surface area contributed by atoms with Crippen LogP contribution < -0.4 is 0 Å². The van der Waals surface area contributed by atoms with Crippen LogP contribution in [-0.4, -0.2) is 44.2 Å². The predicted octanol–water partition coefficient (Wildman–Crippen LogP) is 4.34. The summed E-state index contributed by atoms with van der Waals surface area (Å²) in [7, 11) is -3.33. The molecule has 0 radical (unpaired) electrons. The standard InChI is InChI=1S/C25H29NO5S/c1-32(29,30)22-13-11-20(12-14-22)23(16-19-9-5-6-10-19)24(27)26-21(17-31-25(26)28)15-18-7-3-2-4-8-18/h2-4,7-8,11-14,19,21,23H,5-6,9-10,15-17H2,1H3/t21-,23+/m0/s1. The van der Waals surface area contributed by atoms with Gasteiger partial charge in [0.2, 0.25) is 5.91 Å². The quantitative estimate of drug-likeness (QED) is 0.620. The second kappa shape index (κ2) is 9.45. The number of amides is 2. The van der Waals surface area contributed by atoms with Crippen LogP contribution in [0.25, 0.3) is 0 Å². The Labute approximate surface area is 189 Å². The molecule has 1 saturated carbocycles. The van der Waals surface area contributed by atoms with Gasteiger partial charge in [-0.1, -0.05) is 68.1 Å². The van der Waals surface area contributed by atoms with E-state index in [-0.39, 0.29) is 23.5 Å². The van der Waals surface area contributed by atoms with Gasteiger partial charge < -0.3 is 4.74 Å². The molecule has 1 saturated heterocycles. The summed E-state index contributed by atoms with van der Waals surface area (Å²) in [6.45, 7) is 0.183. The van der Waals surface area contributed by atoms with E-state index in [1.54, 1.807) is 24.3 Å². The fourth-order valence-corrected chi connectivity index (χ4v) is 5.47. The number of carbonyl (C=O) groups excluding carboxylic acids is 2. The maximum absolute atomic E-state index is 13.7. The maximum Gasteiger partial charge on any atom is 0.417 e. The highest BCUT2D eigenvalue weighted by atomic mass is 32.2. The zero-order valence-electron chi connectivity index (χ0n) is 18.3. The third-order valence-electron chi connectivity index (χ3n) is 6.57. The van der Waals surface area contributed by atoms with Gasteiger partial charge in [-0.05, 0) is 42.0 Å². The molecule has 2 atom stereocenters. The van der Waals surface area contributed by atoms with E-state index < -0.39 is 21.8 Å². The number of cyclic esters (lactones) is 1. The lowest BCUT2D eigenvalue weighted by atomic mass is 9.86. The summed E-state index contributed by atoms with van der Waals surface area (Å²) in [6.07, 6.45) is 6.21. The van der Waals surface area contributed by atoms with Crippen molar-refractivity contribution in [2.24, 2.45) is 5.92 Å². The van der Waals surface area contributed by atoms with E-state index in [9.17, 15) is 18.0 Å². The van der Waals surface area contributed by atoms with E-state index in [1.165, 1.54) is 4.90 Å². The van der Waals surface area contributed by atoms with Gasteiger partial charge in [0.25, 0.3) is 0 Å². The Bertz CT molecular complexity index is 1060. The van der Waals surface area contributed by atoms with E-state index >= 15 is 0 Å². The summed E-state index contributed by atoms with van der Waals surface area (Å²) in [4.78, 5) is 27.8. The van der Waals surface area contributed by atoms with Gasteiger partial charge in [0, 0.05) is 6.26 Å². The van der Waals surface area contributed by atoms with Crippen molar-refractivity contribution in [1.82, 2.24) is 4.90 Å². The van der Waals surface area contributed by atoms with E-state index in [0.717, 1.165) is 43.1 Å². The molecular weight excluding hydrogens is 426 g/mol. The monoisotopic (exact) mass is 455 g/mol. The molecule has 1 aliphatic carbocycles. The van der Waals surface area contributed by atoms with Gasteiger partial charge in [0.05, 0.1) is 16.9 Å². The minimum atomic E-state index is -3.33. The highest BCUT2D eigenvalue weighted by molar-refractivity contribution is 7.90. The molecule has 4 rings (SSSR count). The van der Waals surface area contributed by atoms with Gasteiger partial charge in [-0.15, -0.1) is 0 Å². The molecule has 7 heteroatoms. The first-order valence-electron chi connectivity index (χ1n) is 11.2. The lowest BCUT2D eigenvalue weighted by molar-refractivity contribution is -0.131. The van der Waals surface area contributed by atoms with Crippen molar-refractivity contribution in [3.05, 3.63) is 65.7 Å². The Morgan fingerprint density at radius 1 is 1.06 bits per heavy atom. The van der Waals surface area contributed by atoms with E-state index in [1.807, 2.05) is 30.3 Å². The number of sulfone groups is 1. The van der Waals surface area contributed by atoms with Crippen LogP contribution in [0, 0.1) is 5.92 Å². The number of imide groups is 1. The number of hydrogen-bond donors (Lipinski definition) is 0. The molecule has 2 aromatic rings. The van der Waals surface area contributed by atoms with Gasteiger partial charge in [-0.2, -0.15) is 0 Å². The molecule has 6 nitrogen and oxygen atoms in total. The molecule has 2 amide bonds. The van der Waals surface area contributed by atoms with Gasteiger partial charge in [-0.25, -0.2) is 18.1 Å². The van der Waals surface area contributed by atoms with Crippen LogP contribution in [0.4, 0.5) is 4.79 Å². The zero-order chi connectivity index (χ0) is 22.7. The lowest BCUT2D eigenvalue weighted by Crippen LogP contribution is -2.43. The zero-order valence-corrected chi connectivity index (χ0v) is 19.1. The number of hydrogen-bond acceptors (Lipinski definition) is 5. The Balaban J connectivity index is 1.61. The Morgan fingerprint density at radius 2 is 1.72 bits per heavy atom. The molecule has 1 heterocycles. The highest BCUT2D eigenvalue weighted by Crippen LogP contribution is 2.36. The van der Waals surface area contributed by atoms with Crippen LogP contribution in [0.3, 0.4) is 0 Å². The van der Waals surface area contributed by atoms with Gasteiger partial charge in [0.15, 0.2) is 9.84 Å². The van der Waals surface area contributed by atoms with Crippen LogP contribution in [0.2, 0.25) is 0 Å². The van der Waals surface area contributed by atoms with Crippen LogP contribution in [-0.2, 0) is 25.8 Å².